The minimum Gasteiger partial charge on any atom is -0.481 e. The maximum atomic E-state index is 13.5. The Morgan fingerprint density at radius 1 is 1.53 bits per heavy atom. The highest BCUT2D eigenvalue weighted by atomic mass is 19.1. The van der Waals surface area contributed by atoms with Crippen LogP contribution in [0.4, 0.5) is 4.39 Å². The summed E-state index contributed by atoms with van der Waals surface area (Å²) in [6.07, 6.45) is 0.469. The van der Waals surface area contributed by atoms with Crippen molar-refractivity contribution in [2.24, 2.45) is 0 Å². The van der Waals surface area contributed by atoms with Crippen LogP contribution >= 0.6 is 0 Å². The molecule has 0 spiro atoms. The van der Waals surface area contributed by atoms with Gasteiger partial charge >= 0.3 is 5.97 Å². The molecule has 0 saturated heterocycles. The smallest absolute Gasteiger partial charge is 0.307 e. The second-order valence-electron chi connectivity index (χ2n) is 3.54. The molecule has 1 rings (SSSR count). The standard InChI is InChI=1S/C13H14FNO2/c1-15-7-3-2-4-11-6-5-10(8-12(11)14)9-13(16)17/h5-6,8,15H,3,7,9H2,1H3,(H,16,17). The molecule has 3 nitrogen and oxygen atoms in total. The first kappa shape index (κ1) is 13.2. The van der Waals surface area contributed by atoms with Crippen LogP contribution < -0.4 is 5.32 Å². The third-order valence-corrected chi connectivity index (χ3v) is 2.11. The molecule has 0 radical (unpaired) electrons. The summed E-state index contributed by atoms with van der Waals surface area (Å²) in [5.41, 5.74) is 0.742. The van der Waals surface area contributed by atoms with Gasteiger partial charge in [0.25, 0.3) is 0 Å². The van der Waals surface area contributed by atoms with Gasteiger partial charge in [-0.25, -0.2) is 4.39 Å². The summed E-state index contributed by atoms with van der Waals surface area (Å²) < 4.78 is 13.5. The molecule has 2 N–H and O–H groups in total. The number of hydrogen-bond donors (Lipinski definition) is 2. The Bertz CT molecular complexity index is 460. The van der Waals surface area contributed by atoms with E-state index in [1.165, 1.54) is 12.1 Å². The van der Waals surface area contributed by atoms with Crippen LogP contribution in [0.15, 0.2) is 18.2 Å². The summed E-state index contributed by atoms with van der Waals surface area (Å²) in [7, 11) is 1.82. The van der Waals surface area contributed by atoms with Crippen molar-refractivity contribution in [3.05, 3.63) is 35.1 Å². The fraction of sp³-hybridized carbons (Fsp3) is 0.308. The Kier molecular flexibility index (Phi) is 5.18. The maximum Gasteiger partial charge on any atom is 0.307 e. The highest BCUT2D eigenvalue weighted by molar-refractivity contribution is 5.70. The molecule has 0 saturated carbocycles. The van der Waals surface area contributed by atoms with Gasteiger partial charge in [0.2, 0.25) is 0 Å². The van der Waals surface area contributed by atoms with Crippen molar-refractivity contribution in [2.75, 3.05) is 13.6 Å². The van der Waals surface area contributed by atoms with Crippen molar-refractivity contribution in [3.63, 3.8) is 0 Å². The van der Waals surface area contributed by atoms with Crippen LogP contribution in [0.3, 0.4) is 0 Å². The van der Waals surface area contributed by atoms with Crippen molar-refractivity contribution in [1.82, 2.24) is 5.32 Å². The minimum absolute atomic E-state index is 0.176. The fourth-order valence-electron chi connectivity index (χ4n) is 1.29. The molecule has 0 fully saturated rings. The van der Waals surface area contributed by atoms with Crippen molar-refractivity contribution in [2.45, 2.75) is 12.8 Å². The molecule has 0 heterocycles. The van der Waals surface area contributed by atoms with Crippen molar-refractivity contribution >= 4 is 5.97 Å². The number of hydrogen-bond acceptors (Lipinski definition) is 2. The SMILES string of the molecule is CNCCC#Cc1ccc(CC(=O)O)cc1F. The molecule has 0 unspecified atom stereocenters. The Morgan fingerprint density at radius 2 is 2.29 bits per heavy atom. The molecule has 0 atom stereocenters. The normalized spacial score (nSPS) is 9.53. The van der Waals surface area contributed by atoms with Gasteiger partial charge in [0, 0.05) is 13.0 Å². The Balaban J connectivity index is 2.74. The average Bonchev–Trinajstić information content (AvgIpc) is 2.26. The quantitative estimate of drug-likeness (QED) is 0.613. The summed E-state index contributed by atoms with van der Waals surface area (Å²) in [5, 5.41) is 11.5. The van der Waals surface area contributed by atoms with Gasteiger partial charge in [-0.15, -0.1) is 0 Å². The first-order chi connectivity index (χ1) is 8.13. The molecule has 0 bridgehead atoms. The summed E-state index contributed by atoms with van der Waals surface area (Å²) >= 11 is 0. The van der Waals surface area contributed by atoms with E-state index in [4.69, 9.17) is 5.11 Å². The Hall–Kier alpha value is -1.86. The lowest BCUT2D eigenvalue weighted by Gasteiger charge is -1.99. The zero-order valence-corrected chi connectivity index (χ0v) is 9.59. The molecule has 1 aromatic rings. The van der Waals surface area contributed by atoms with Crippen LogP contribution in [0.1, 0.15) is 17.5 Å². The topological polar surface area (TPSA) is 49.3 Å². The van der Waals surface area contributed by atoms with Gasteiger partial charge in [-0.05, 0) is 24.7 Å². The van der Waals surface area contributed by atoms with E-state index in [0.29, 0.717) is 17.5 Å². The van der Waals surface area contributed by atoms with Gasteiger partial charge < -0.3 is 10.4 Å². The van der Waals surface area contributed by atoms with E-state index in [1.807, 2.05) is 7.05 Å². The lowest BCUT2D eigenvalue weighted by Crippen LogP contribution is -2.05. The molecule has 90 valence electrons. The largest absolute Gasteiger partial charge is 0.481 e. The van der Waals surface area contributed by atoms with E-state index in [9.17, 15) is 9.18 Å². The van der Waals surface area contributed by atoms with Crippen molar-refractivity contribution < 1.29 is 14.3 Å². The van der Waals surface area contributed by atoms with E-state index in [1.54, 1.807) is 6.07 Å². The van der Waals surface area contributed by atoms with Gasteiger partial charge in [0.05, 0.1) is 12.0 Å². The van der Waals surface area contributed by atoms with Crippen LogP contribution in [0, 0.1) is 17.7 Å². The lowest BCUT2D eigenvalue weighted by molar-refractivity contribution is -0.136. The van der Waals surface area contributed by atoms with E-state index in [-0.39, 0.29) is 6.42 Å². The fourth-order valence-corrected chi connectivity index (χ4v) is 1.29. The van der Waals surface area contributed by atoms with Crippen LogP contribution in [-0.4, -0.2) is 24.7 Å². The maximum absolute atomic E-state index is 13.5. The lowest BCUT2D eigenvalue weighted by atomic mass is 10.1. The van der Waals surface area contributed by atoms with Gasteiger partial charge in [-0.2, -0.15) is 0 Å². The molecule has 0 aliphatic heterocycles. The van der Waals surface area contributed by atoms with Crippen molar-refractivity contribution in [1.29, 1.82) is 0 Å². The summed E-state index contributed by atoms with van der Waals surface area (Å²) in [6, 6.07) is 4.31. The minimum atomic E-state index is -0.975. The van der Waals surface area contributed by atoms with E-state index in [0.717, 1.165) is 6.54 Å². The number of nitrogens with one attached hydrogen (secondary N) is 1. The predicted octanol–water partition coefficient (Wildman–Crippen LogP) is 1.41. The molecule has 17 heavy (non-hydrogen) atoms. The van der Waals surface area contributed by atoms with Gasteiger partial charge in [-0.1, -0.05) is 17.9 Å². The second kappa shape index (κ2) is 6.66. The number of rotatable bonds is 4. The molecule has 0 amide bonds. The summed E-state index contributed by atoms with van der Waals surface area (Å²) in [5.74, 6) is 4.10. The molecule has 1 aromatic carbocycles. The first-order valence-electron chi connectivity index (χ1n) is 5.27. The molecule has 0 aliphatic carbocycles. The Morgan fingerprint density at radius 3 is 2.88 bits per heavy atom. The number of carboxylic acids is 1. The monoisotopic (exact) mass is 235 g/mol. The van der Waals surface area contributed by atoms with Gasteiger partial charge in [0.15, 0.2) is 0 Å². The molecule has 0 aliphatic rings. The average molecular weight is 235 g/mol. The second-order valence-corrected chi connectivity index (χ2v) is 3.54. The van der Waals surface area contributed by atoms with Crippen LogP contribution in [-0.2, 0) is 11.2 Å². The first-order valence-corrected chi connectivity index (χ1v) is 5.27. The third-order valence-electron chi connectivity index (χ3n) is 2.11. The van der Waals surface area contributed by atoms with Crippen LogP contribution in [0.5, 0.6) is 0 Å². The zero-order valence-electron chi connectivity index (χ0n) is 9.59. The molecule has 4 heteroatoms. The highest BCUT2D eigenvalue weighted by Crippen LogP contribution is 2.10. The number of aliphatic carboxylic acids is 1. The molecule has 0 aromatic heterocycles. The molecular formula is C13H14FNO2. The number of carboxylic acid groups (broad SMARTS) is 1. The third kappa shape index (κ3) is 4.66. The number of halogens is 1. The highest BCUT2D eigenvalue weighted by Gasteiger charge is 2.04. The van der Waals surface area contributed by atoms with Crippen LogP contribution in [0.2, 0.25) is 0 Å². The van der Waals surface area contributed by atoms with E-state index in [2.05, 4.69) is 17.2 Å². The van der Waals surface area contributed by atoms with E-state index >= 15 is 0 Å². The Labute approximate surface area is 99.7 Å². The van der Waals surface area contributed by atoms with Gasteiger partial charge in [0.1, 0.15) is 5.82 Å². The molecular weight excluding hydrogens is 221 g/mol. The summed E-state index contributed by atoms with van der Waals surface area (Å²) in [6.45, 7) is 0.756. The van der Waals surface area contributed by atoms with Crippen molar-refractivity contribution in [3.8, 4) is 11.8 Å². The van der Waals surface area contributed by atoms with Crippen LogP contribution in [0.25, 0.3) is 0 Å². The predicted molar refractivity (Wildman–Crippen MR) is 63.2 cm³/mol. The zero-order chi connectivity index (χ0) is 12.7. The van der Waals surface area contributed by atoms with E-state index < -0.39 is 11.8 Å². The number of benzene rings is 1. The number of carbonyl (C=O) groups is 1. The van der Waals surface area contributed by atoms with Gasteiger partial charge in [-0.3, -0.25) is 4.79 Å². The summed E-state index contributed by atoms with van der Waals surface area (Å²) in [4.78, 5) is 10.5.